The molecule has 29 heavy (non-hydrogen) atoms. The van der Waals surface area contributed by atoms with Gasteiger partial charge in [-0.25, -0.2) is 0 Å². The van der Waals surface area contributed by atoms with Crippen LogP contribution in [0, 0.1) is 11.3 Å². The highest BCUT2D eigenvalue weighted by atomic mass is 127. The molecule has 0 saturated carbocycles. The summed E-state index contributed by atoms with van der Waals surface area (Å²) in [6.45, 7) is 8.52. The fourth-order valence-electron chi connectivity index (χ4n) is 3.65. The van der Waals surface area contributed by atoms with Crippen LogP contribution in [-0.4, -0.2) is 50.5 Å². The first-order valence-electron chi connectivity index (χ1n) is 10.9. The zero-order valence-electron chi connectivity index (χ0n) is 18.1. The van der Waals surface area contributed by atoms with E-state index in [4.69, 9.17) is 14.1 Å². The molecule has 1 aromatic heterocycles. The molecule has 2 heterocycles. The monoisotopic (exact) mass is 521 g/mol. The molecule has 0 amide bonds. The molecule has 1 aliphatic rings. The average Bonchev–Trinajstić information content (AvgIpc) is 3.38. The number of halogens is 1. The summed E-state index contributed by atoms with van der Waals surface area (Å²) in [4.78, 5) is 4.87. The molecular weight excluding hydrogens is 481 g/mol. The number of nitrogens with one attached hydrogen (secondary N) is 2. The molecule has 168 valence electrons. The number of aliphatic imine (C=N–C) groups is 1. The van der Waals surface area contributed by atoms with Gasteiger partial charge in [0, 0.05) is 38.1 Å². The van der Waals surface area contributed by atoms with Gasteiger partial charge in [-0.05, 0) is 37.3 Å². The molecule has 2 atom stereocenters. The Bertz CT molecular complexity index is 546. The van der Waals surface area contributed by atoms with Gasteiger partial charge in [0.1, 0.15) is 5.76 Å². The number of rotatable bonds is 13. The Labute approximate surface area is 193 Å². The van der Waals surface area contributed by atoms with Crippen LogP contribution < -0.4 is 10.6 Å². The molecule has 1 fully saturated rings. The van der Waals surface area contributed by atoms with E-state index in [-0.39, 0.29) is 36.0 Å². The van der Waals surface area contributed by atoms with Gasteiger partial charge in [-0.15, -0.1) is 24.0 Å². The Hall–Kier alpha value is -0.800. The number of hydrogen-bond donors (Lipinski definition) is 3. The smallest absolute Gasteiger partial charge is 0.191 e. The maximum absolute atomic E-state index is 9.45. The quantitative estimate of drug-likeness (QED) is 0.208. The second-order valence-electron chi connectivity index (χ2n) is 7.99. The van der Waals surface area contributed by atoms with Gasteiger partial charge in [-0.2, -0.15) is 0 Å². The maximum atomic E-state index is 9.45. The van der Waals surface area contributed by atoms with E-state index in [1.54, 1.807) is 6.26 Å². The number of furan rings is 1. The summed E-state index contributed by atoms with van der Waals surface area (Å²) in [6.07, 6.45) is 9.18. The first kappa shape index (κ1) is 26.2. The molecule has 0 bridgehead atoms. The summed E-state index contributed by atoms with van der Waals surface area (Å²) in [5.74, 6) is 2.49. The minimum Gasteiger partial charge on any atom is -0.469 e. The van der Waals surface area contributed by atoms with Crippen molar-refractivity contribution in [2.24, 2.45) is 16.3 Å². The Morgan fingerprint density at radius 2 is 2.21 bits per heavy atom. The Kier molecular flexibility index (Phi) is 13.6. The van der Waals surface area contributed by atoms with Gasteiger partial charge in [0.2, 0.25) is 0 Å². The van der Waals surface area contributed by atoms with Crippen LogP contribution >= 0.6 is 24.0 Å². The molecule has 2 unspecified atom stereocenters. The van der Waals surface area contributed by atoms with E-state index in [0.717, 1.165) is 50.7 Å². The van der Waals surface area contributed by atoms with Crippen molar-refractivity contribution in [1.82, 2.24) is 10.6 Å². The van der Waals surface area contributed by atoms with Gasteiger partial charge in [0.25, 0.3) is 0 Å². The normalized spacial score (nSPS) is 20.3. The summed E-state index contributed by atoms with van der Waals surface area (Å²) >= 11 is 0. The third-order valence-corrected chi connectivity index (χ3v) is 5.75. The van der Waals surface area contributed by atoms with Crippen LogP contribution in [0.4, 0.5) is 0 Å². The highest BCUT2D eigenvalue weighted by Gasteiger charge is 2.34. The predicted molar refractivity (Wildman–Crippen MR) is 129 cm³/mol. The Morgan fingerprint density at radius 3 is 2.83 bits per heavy atom. The molecule has 3 N–H and O–H groups in total. The summed E-state index contributed by atoms with van der Waals surface area (Å²) in [5, 5.41) is 16.4. The van der Waals surface area contributed by atoms with Crippen molar-refractivity contribution in [2.45, 2.75) is 58.8 Å². The lowest BCUT2D eigenvalue weighted by atomic mass is 9.84. The van der Waals surface area contributed by atoms with Crippen LogP contribution in [0.5, 0.6) is 0 Å². The molecule has 1 saturated heterocycles. The standard InChI is InChI=1S/C22H39N3O3.HI/c1-3-5-7-19(4-2)16-24-21(23-12-9-20-8-6-14-28-20)25-17-22(10-13-26)11-15-27-18-22;/h6,8,14,19,26H,3-5,7,9-13,15-18H2,1-2H3,(H2,23,24,25);1H. The van der Waals surface area contributed by atoms with Crippen LogP contribution in [0.3, 0.4) is 0 Å². The number of hydrogen-bond acceptors (Lipinski definition) is 4. The third kappa shape index (κ3) is 9.70. The van der Waals surface area contributed by atoms with Gasteiger partial charge in [-0.1, -0.05) is 33.1 Å². The van der Waals surface area contributed by atoms with Crippen LogP contribution in [-0.2, 0) is 11.2 Å². The van der Waals surface area contributed by atoms with Crippen LogP contribution in [0.25, 0.3) is 0 Å². The molecule has 0 spiro atoms. The van der Waals surface area contributed by atoms with Gasteiger partial charge < -0.3 is 24.9 Å². The van der Waals surface area contributed by atoms with Crippen molar-refractivity contribution in [1.29, 1.82) is 0 Å². The minimum atomic E-state index is -0.0310. The van der Waals surface area contributed by atoms with E-state index in [0.29, 0.717) is 19.1 Å². The number of unbranched alkanes of at least 4 members (excludes halogenated alkanes) is 1. The number of nitrogens with zero attached hydrogens (tertiary/aromatic N) is 1. The SMILES string of the molecule is CCCCC(CC)CNC(=NCC1(CCO)CCOC1)NCCc1ccco1.I. The fraction of sp³-hybridized carbons (Fsp3) is 0.773. The first-order chi connectivity index (χ1) is 13.7. The van der Waals surface area contributed by atoms with Crippen molar-refractivity contribution in [3.05, 3.63) is 24.2 Å². The number of aliphatic hydroxyl groups is 1. The van der Waals surface area contributed by atoms with E-state index in [1.165, 1.54) is 25.7 Å². The van der Waals surface area contributed by atoms with Crippen molar-refractivity contribution in [3.8, 4) is 0 Å². The Morgan fingerprint density at radius 1 is 1.34 bits per heavy atom. The largest absolute Gasteiger partial charge is 0.469 e. The minimum absolute atomic E-state index is 0. The van der Waals surface area contributed by atoms with Gasteiger partial charge in [0.15, 0.2) is 5.96 Å². The van der Waals surface area contributed by atoms with Crippen LogP contribution in [0.15, 0.2) is 27.8 Å². The summed E-state index contributed by atoms with van der Waals surface area (Å²) in [7, 11) is 0. The van der Waals surface area contributed by atoms with Crippen molar-refractivity contribution in [2.75, 3.05) is 39.5 Å². The zero-order valence-corrected chi connectivity index (χ0v) is 20.5. The van der Waals surface area contributed by atoms with Crippen molar-refractivity contribution >= 4 is 29.9 Å². The van der Waals surface area contributed by atoms with Gasteiger partial charge in [-0.3, -0.25) is 4.99 Å². The second-order valence-corrected chi connectivity index (χ2v) is 7.99. The molecule has 6 nitrogen and oxygen atoms in total. The molecule has 0 aliphatic carbocycles. The Balaban J connectivity index is 0.00000420. The summed E-state index contributed by atoms with van der Waals surface area (Å²) < 4.78 is 11.0. The molecule has 1 aromatic rings. The molecular formula is C22H40IN3O3. The maximum Gasteiger partial charge on any atom is 0.191 e. The number of ether oxygens (including phenoxy) is 1. The lowest BCUT2D eigenvalue weighted by Gasteiger charge is -2.25. The lowest BCUT2D eigenvalue weighted by Crippen LogP contribution is -2.41. The zero-order chi connectivity index (χ0) is 20.1. The van der Waals surface area contributed by atoms with Gasteiger partial charge in [0.05, 0.1) is 19.4 Å². The first-order valence-corrected chi connectivity index (χ1v) is 10.9. The molecule has 1 aliphatic heterocycles. The molecule has 0 radical (unpaired) electrons. The van der Waals surface area contributed by atoms with Crippen LogP contribution in [0.2, 0.25) is 0 Å². The summed E-state index contributed by atoms with van der Waals surface area (Å²) in [5.41, 5.74) is -0.0310. The van der Waals surface area contributed by atoms with Gasteiger partial charge >= 0.3 is 0 Å². The van der Waals surface area contributed by atoms with Crippen molar-refractivity contribution in [3.63, 3.8) is 0 Å². The molecule has 0 aromatic carbocycles. The third-order valence-electron chi connectivity index (χ3n) is 5.75. The second kappa shape index (κ2) is 15.1. The van der Waals surface area contributed by atoms with E-state index < -0.39 is 0 Å². The summed E-state index contributed by atoms with van der Waals surface area (Å²) in [6, 6.07) is 3.91. The van der Waals surface area contributed by atoms with E-state index in [9.17, 15) is 5.11 Å². The lowest BCUT2D eigenvalue weighted by molar-refractivity contribution is 0.131. The van der Waals surface area contributed by atoms with Crippen molar-refractivity contribution < 1.29 is 14.3 Å². The predicted octanol–water partition coefficient (Wildman–Crippen LogP) is 3.98. The van der Waals surface area contributed by atoms with E-state index in [2.05, 4.69) is 24.5 Å². The molecule has 7 heteroatoms. The van der Waals surface area contributed by atoms with E-state index >= 15 is 0 Å². The highest BCUT2D eigenvalue weighted by molar-refractivity contribution is 14.0. The molecule has 2 rings (SSSR count). The topological polar surface area (TPSA) is 79.0 Å². The van der Waals surface area contributed by atoms with Crippen LogP contribution in [0.1, 0.15) is 58.1 Å². The number of guanidine groups is 1. The average molecular weight is 521 g/mol. The van der Waals surface area contributed by atoms with E-state index in [1.807, 2.05) is 12.1 Å². The number of aliphatic hydroxyl groups excluding tert-OH is 1. The fourth-order valence-corrected chi connectivity index (χ4v) is 3.65. The highest BCUT2D eigenvalue weighted by Crippen LogP contribution is 2.32.